The van der Waals surface area contributed by atoms with Crippen molar-refractivity contribution in [1.82, 2.24) is 15.2 Å². The maximum Gasteiger partial charge on any atom is 0.404 e. The van der Waals surface area contributed by atoms with Gasteiger partial charge in [0.1, 0.15) is 5.69 Å². The zero-order chi connectivity index (χ0) is 20.5. The van der Waals surface area contributed by atoms with Crippen LogP contribution >= 0.6 is 11.3 Å². The number of aromatic nitrogens is 1. The number of thiophene rings is 1. The number of carbonyl (C=O) groups excluding carboxylic acids is 1. The van der Waals surface area contributed by atoms with E-state index in [0.29, 0.717) is 29.8 Å². The Labute approximate surface area is 168 Å². The highest BCUT2D eigenvalue weighted by Crippen LogP contribution is 2.40. The number of halogens is 2. The molecule has 0 fully saturated rings. The zero-order valence-electron chi connectivity index (χ0n) is 15.1. The maximum absolute atomic E-state index is 13.9. The summed E-state index contributed by atoms with van der Waals surface area (Å²) in [5.41, 5.74) is 3.06. The predicted molar refractivity (Wildman–Crippen MR) is 105 cm³/mol. The molecular weight excluding hydrogens is 400 g/mol. The number of hydrogen-bond acceptors (Lipinski definition) is 3. The highest BCUT2D eigenvalue weighted by molar-refractivity contribution is 7.08. The van der Waals surface area contributed by atoms with Gasteiger partial charge in [0.25, 0.3) is 5.91 Å². The van der Waals surface area contributed by atoms with E-state index in [9.17, 15) is 18.4 Å². The van der Waals surface area contributed by atoms with Gasteiger partial charge in [-0.1, -0.05) is 6.07 Å². The van der Waals surface area contributed by atoms with Crippen molar-refractivity contribution in [1.29, 1.82) is 0 Å². The zero-order valence-corrected chi connectivity index (χ0v) is 15.9. The third kappa shape index (κ3) is 3.61. The number of hydrogen-bond donors (Lipinski definition) is 3. The minimum atomic E-state index is -1.11. The van der Waals surface area contributed by atoms with Crippen LogP contribution in [0.1, 0.15) is 23.0 Å². The van der Waals surface area contributed by atoms with Crippen LogP contribution in [-0.2, 0) is 0 Å². The van der Waals surface area contributed by atoms with Gasteiger partial charge >= 0.3 is 6.09 Å². The van der Waals surface area contributed by atoms with Gasteiger partial charge in [0.15, 0.2) is 11.6 Å². The summed E-state index contributed by atoms with van der Waals surface area (Å²) in [7, 11) is 0. The smallest absolute Gasteiger partial charge is 0.404 e. The predicted octanol–water partition coefficient (Wildman–Crippen LogP) is 4.10. The van der Waals surface area contributed by atoms with Crippen molar-refractivity contribution in [3.63, 3.8) is 0 Å². The molecule has 0 saturated heterocycles. The average molecular weight is 417 g/mol. The van der Waals surface area contributed by atoms with E-state index < -0.39 is 17.7 Å². The van der Waals surface area contributed by atoms with Crippen LogP contribution in [0.3, 0.4) is 0 Å². The van der Waals surface area contributed by atoms with Crippen LogP contribution in [0.25, 0.3) is 22.4 Å². The van der Waals surface area contributed by atoms with Crippen LogP contribution in [0.15, 0.2) is 41.1 Å². The van der Waals surface area contributed by atoms with Crippen LogP contribution < -0.4 is 10.6 Å². The molecule has 29 heavy (non-hydrogen) atoms. The lowest BCUT2D eigenvalue weighted by molar-refractivity contribution is 0.0913. The van der Waals surface area contributed by atoms with Gasteiger partial charge in [0, 0.05) is 29.6 Å². The van der Waals surface area contributed by atoms with Crippen molar-refractivity contribution >= 4 is 23.3 Å². The number of fused-ring (bicyclic) bond motifs is 1. The Morgan fingerprint density at radius 3 is 2.76 bits per heavy atom. The molecule has 9 heteroatoms. The molecule has 3 heterocycles. The van der Waals surface area contributed by atoms with Gasteiger partial charge in [-0.15, -0.1) is 0 Å². The second kappa shape index (κ2) is 7.67. The fourth-order valence-electron chi connectivity index (χ4n) is 3.63. The van der Waals surface area contributed by atoms with Gasteiger partial charge in [0.2, 0.25) is 0 Å². The van der Waals surface area contributed by atoms with E-state index in [1.807, 2.05) is 21.4 Å². The Kier molecular flexibility index (Phi) is 5.06. The Balaban J connectivity index is 1.86. The second-order valence-electron chi connectivity index (χ2n) is 6.69. The van der Waals surface area contributed by atoms with Gasteiger partial charge in [0.05, 0.1) is 11.7 Å². The molecule has 1 unspecified atom stereocenters. The van der Waals surface area contributed by atoms with Crippen LogP contribution in [0, 0.1) is 11.6 Å². The normalized spacial score (nSPS) is 15.7. The summed E-state index contributed by atoms with van der Waals surface area (Å²) < 4.78 is 29.2. The van der Waals surface area contributed by atoms with Crippen molar-refractivity contribution in [3.8, 4) is 22.4 Å². The first-order valence-corrected chi connectivity index (χ1v) is 9.88. The molecule has 2 aromatic heterocycles. The molecule has 1 aliphatic heterocycles. The van der Waals surface area contributed by atoms with Gasteiger partial charge in [-0.3, -0.25) is 4.79 Å². The molecule has 3 N–H and O–H groups in total. The van der Waals surface area contributed by atoms with Crippen molar-refractivity contribution in [2.75, 3.05) is 13.1 Å². The first kappa shape index (κ1) is 19.1. The molecular formula is C20H17F2N3O3S. The number of nitrogens with zero attached hydrogens (tertiary/aromatic N) is 1. The number of nitrogens with one attached hydrogen (secondary N) is 2. The third-order valence-corrected chi connectivity index (χ3v) is 5.59. The van der Waals surface area contributed by atoms with Crippen LogP contribution in [-0.4, -0.2) is 34.8 Å². The lowest BCUT2D eigenvalue weighted by Crippen LogP contribution is -2.40. The summed E-state index contributed by atoms with van der Waals surface area (Å²) >= 11 is 1.48. The molecule has 4 rings (SSSR count). The molecule has 1 atom stereocenters. The SMILES string of the molecule is O=C(O)NCCC1CNC(=O)c2cc(-c3ccc(F)c(F)c3)c(-c3ccsc3)n21. The van der Waals surface area contributed by atoms with E-state index >= 15 is 0 Å². The molecule has 0 bridgehead atoms. The Hall–Kier alpha value is -3.20. The summed E-state index contributed by atoms with van der Waals surface area (Å²) in [5, 5.41) is 17.8. The molecule has 3 aromatic rings. The van der Waals surface area contributed by atoms with Crippen LogP contribution in [0.2, 0.25) is 0 Å². The van der Waals surface area contributed by atoms with Crippen LogP contribution in [0.5, 0.6) is 0 Å². The van der Waals surface area contributed by atoms with Gasteiger partial charge in [-0.25, -0.2) is 13.6 Å². The van der Waals surface area contributed by atoms with Crippen molar-refractivity contribution in [2.24, 2.45) is 0 Å². The van der Waals surface area contributed by atoms with Gasteiger partial charge in [-0.2, -0.15) is 11.3 Å². The van der Waals surface area contributed by atoms with Gasteiger partial charge < -0.3 is 20.3 Å². The fourth-order valence-corrected chi connectivity index (χ4v) is 4.27. The topological polar surface area (TPSA) is 83.4 Å². The number of carboxylic acid groups (broad SMARTS) is 1. The van der Waals surface area contributed by atoms with E-state index in [1.165, 1.54) is 17.4 Å². The minimum absolute atomic E-state index is 0.191. The Morgan fingerprint density at radius 1 is 1.24 bits per heavy atom. The lowest BCUT2D eigenvalue weighted by atomic mass is 10.0. The van der Waals surface area contributed by atoms with E-state index in [0.717, 1.165) is 23.4 Å². The van der Waals surface area contributed by atoms with Crippen molar-refractivity contribution in [3.05, 3.63) is 58.4 Å². The first-order chi connectivity index (χ1) is 14.0. The largest absolute Gasteiger partial charge is 0.465 e. The number of amides is 2. The molecule has 0 radical (unpaired) electrons. The molecule has 6 nitrogen and oxygen atoms in total. The summed E-state index contributed by atoms with van der Waals surface area (Å²) in [6.45, 7) is 0.563. The van der Waals surface area contributed by atoms with Gasteiger partial charge in [-0.05, 0) is 41.6 Å². The van der Waals surface area contributed by atoms with E-state index in [2.05, 4.69) is 10.6 Å². The fraction of sp³-hybridized carbons (Fsp3) is 0.200. The minimum Gasteiger partial charge on any atom is -0.465 e. The summed E-state index contributed by atoms with van der Waals surface area (Å²) in [4.78, 5) is 23.3. The molecule has 0 spiro atoms. The average Bonchev–Trinajstić information content (AvgIpc) is 3.33. The molecule has 0 aliphatic carbocycles. The quantitative estimate of drug-likeness (QED) is 0.584. The molecule has 150 valence electrons. The van der Waals surface area contributed by atoms with E-state index in [-0.39, 0.29) is 18.5 Å². The van der Waals surface area contributed by atoms with Crippen LogP contribution in [0.4, 0.5) is 13.6 Å². The Morgan fingerprint density at radius 2 is 2.07 bits per heavy atom. The highest BCUT2D eigenvalue weighted by Gasteiger charge is 2.31. The number of carbonyl (C=O) groups is 2. The first-order valence-electron chi connectivity index (χ1n) is 8.94. The van der Waals surface area contributed by atoms with Crippen molar-refractivity contribution in [2.45, 2.75) is 12.5 Å². The molecule has 1 aromatic carbocycles. The lowest BCUT2D eigenvalue weighted by Gasteiger charge is -2.28. The number of rotatable bonds is 5. The Bertz CT molecular complexity index is 1080. The molecule has 0 saturated carbocycles. The second-order valence-corrected chi connectivity index (χ2v) is 7.47. The van der Waals surface area contributed by atoms with E-state index in [1.54, 1.807) is 6.07 Å². The van der Waals surface area contributed by atoms with Crippen molar-refractivity contribution < 1.29 is 23.5 Å². The maximum atomic E-state index is 13.9. The number of benzene rings is 1. The standard InChI is InChI=1S/C20H17F2N3O3S/c21-15-2-1-11(7-16(15)22)14-8-17-19(26)24-9-13(3-5-23-20(27)28)25(17)18(14)12-4-6-29-10-12/h1-2,4,6-8,10,13,23H,3,5,9H2,(H,24,26)(H,27,28). The molecule has 1 aliphatic rings. The summed E-state index contributed by atoms with van der Waals surface area (Å²) in [6.07, 6.45) is -0.652. The molecule has 2 amide bonds. The highest BCUT2D eigenvalue weighted by atomic mass is 32.1. The summed E-state index contributed by atoms with van der Waals surface area (Å²) in [6, 6.07) is 7.04. The monoisotopic (exact) mass is 417 g/mol. The third-order valence-electron chi connectivity index (χ3n) is 4.91. The summed E-state index contributed by atoms with van der Waals surface area (Å²) in [5.74, 6) is -2.17. The van der Waals surface area contributed by atoms with E-state index in [4.69, 9.17) is 5.11 Å².